The van der Waals surface area contributed by atoms with Crippen molar-refractivity contribution < 1.29 is 43.8 Å². The Bertz CT molecular complexity index is 1060. The van der Waals surface area contributed by atoms with Gasteiger partial charge < -0.3 is 36.5 Å². The first-order valence-corrected chi connectivity index (χ1v) is 12.9. The normalized spacial score (nSPS) is 13.8. The maximum atomic E-state index is 13.3. The van der Waals surface area contributed by atoms with Crippen LogP contribution in [0, 0.1) is 5.92 Å². The number of nitrogens with one attached hydrogen (secondary N) is 5. The molecule has 15 nitrogen and oxygen atoms in total. The molecule has 0 aromatic carbocycles. The van der Waals surface area contributed by atoms with E-state index >= 15 is 0 Å². The van der Waals surface area contributed by atoms with Crippen molar-refractivity contribution in [3.05, 3.63) is 18.2 Å². The van der Waals surface area contributed by atoms with Gasteiger partial charge in [-0.1, -0.05) is 13.8 Å². The highest BCUT2D eigenvalue weighted by Crippen LogP contribution is 2.08. The van der Waals surface area contributed by atoms with Crippen LogP contribution in [0.25, 0.3) is 0 Å². The first kappa shape index (κ1) is 34.0. The van der Waals surface area contributed by atoms with Crippen molar-refractivity contribution in [1.82, 2.24) is 31.2 Å². The lowest BCUT2D eigenvalue weighted by Gasteiger charge is -2.26. The van der Waals surface area contributed by atoms with Crippen LogP contribution < -0.4 is 21.3 Å². The number of hydrogen-bond acceptors (Lipinski definition) is 8. The third-order valence-electron chi connectivity index (χ3n) is 5.51. The number of hydrogen-bond donors (Lipinski definition) is 7. The number of aromatic amines is 1. The third kappa shape index (κ3) is 12.7. The Kier molecular flexibility index (Phi) is 14.3. The fraction of sp³-hybridized carbons (Fsp3) is 0.583. The van der Waals surface area contributed by atoms with Crippen LogP contribution >= 0.6 is 11.6 Å². The van der Waals surface area contributed by atoms with Crippen LogP contribution in [0.1, 0.15) is 52.1 Å². The number of ketones is 1. The molecule has 222 valence electrons. The summed E-state index contributed by atoms with van der Waals surface area (Å²) in [6.07, 6.45) is 1.17. The number of carboxylic acids is 2. The second kappa shape index (κ2) is 16.8. The molecule has 0 radical (unpaired) electrons. The van der Waals surface area contributed by atoms with Crippen molar-refractivity contribution in [3.8, 4) is 0 Å². The molecule has 4 amide bonds. The van der Waals surface area contributed by atoms with Crippen LogP contribution in [0.15, 0.2) is 12.5 Å². The first-order valence-electron chi connectivity index (χ1n) is 12.4. The topological polar surface area (TPSA) is 237 Å². The van der Waals surface area contributed by atoms with E-state index in [0.29, 0.717) is 5.69 Å². The standard InChI is InChI=1S/C24H35ClN6O9/c1-12(2)6-17(28-13(3)32)23(39)29-15(4-5-20(34)35)22(38)31-18(7-14-10-26-11-27-14)24(40)30-16(8-21(36)37)19(33)9-25/h10-12,15-18H,4-9H2,1-3H3,(H,26,27)(H,28,32)(H,29,39)(H,30,40)(H,31,38)(H,34,35)(H,36,37)/t15-,16-,17-,18-/m0/s1. The summed E-state index contributed by atoms with van der Waals surface area (Å²) >= 11 is 5.54. The minimum absolute atomic E-state index is 0.00850. The fourth-order valence-electron chi connectivity index (χ4n) is 3.64. The van der Waals surface area contributed by atoms with Gasteiger partial charge >= 0.3 is 11.9 Å². The molecule has 0 spiro atoms. The summed E-state index contributed by atoms with van der Waals surface area (Å²) in [4.78, 5) is 92.0. The van der Waals surface area contributed by atoms with Crippen molar-refractivity contribution in [2.24, 2.45) is 5.92 Å². The smallest absolute Gasteiger partial charge is 0.305 e. The number of rotatable bonds is 18. The zero-order valence-electron chi connectivity index (χ0n) is 22.4. The van der Waals surface area contributed by atoms with E-state index in [2.05, 4.69) is 31.2 Å². The number of imidazole rings is 1. The SMILES string of the molecule is CC(=O)N[C@@H](CC(C)C)C(=O)N[C@@H](CCC(=O)O)C(=O)N[C@@H](Cc1cnc[nH]1)C(=O)N[C@@H](CC(=O)O)C(=O)CCl. The minimum Gasteiger partial charge on any atom is -0.481 e. The highest BCUT2D eigenvalue weighted by Gasteiger charge is 2.32. The Hall–Kier alpha value is -4.01. The summed E-state index contributed by atoms with van der Waals surface area (Å²) in [5.74, 6) is -6.99. The molecule has 1 aromatic rings. The summed E-state index contributed by atoms with van der Waals surface area (Å²) in [5.41, 5.74) is 0.396. The molecular formula is C24H35ClN6O9. The van der Waals surface area contributed by atoms with Gasteiger partial charge in [-0.3, -0.25) is 33.6 Å². The molecule has 0 aliphatic rings. The van der Waals surface area contributed by atoms with E-state index in [4.69, 9.17) is 21.8 Å². The monoisotopic (exact) mass is 586 g/mol. The lowest BCUT2D eigenvalue weighted by atomic mass is 10.0. The molecule has 0 saturated heterocycles. The van der Waals surface area contributed by atoms with E-state index in [-0.39, 0.29) is 25.2 Å². The Morgan fingerprint density at radius 1 is 0.875 bits per heavy atom. The number of nitrogens with zero attached hydrogens (tertiary/aromatic N) is 1. The average Bonchev–Trinajstić information content (AvgIpc) is 3.36. The highest BCUT2D eigenvalue weighted by molar-refractivity contribution is 6.28. The molecular weight excluding hydrogens is 552 g/mol. The highest BCUT2D eigenvalue weighted by atomic mass is 35.5. The minimum atomic E-state index is -1.47. The maximum absolute atomic E-state index is 13.3. The number of carbonyl (C=O) groups excluding carboxylic acids is 5. The summed E-state index contributed by atoms with van der Waals surface area (Å²) in [6, 6.07) is -5.28. The number of carboxylic acid groups (broad SMARTS) is 2. The molecule has 40 heavy (non-hydrogen) atoms. The molecule has 0 aliphatic heterocycles. The van der Waals surface area contributed by atoms with Gasteiger partial charge in [0.05, 0.1) is 24.7 Å². The maximum Gasteiger partial charge on any atom is 0.305 e. The molecule has 0 unspecified atom stereocenters. The van der Waals surface area contributed by atoms with Crippen LogP contribution in [0.4, 0.5) is 0 Å². The van der Waals surface area contributed by atoms with Gasteiger partial charge in [-0.2, -0.15) is 0 Å². The summed E-state index contributed by atoms with van der Waals surface area (Å²) in [6.45, 7) is 4.87. The number of aliphatic carboxylic acids is 2. The number of H-pyrrole nitrogens is 1. The van der Waals surface area contributed by atoms with Gasteiger partial charge in [0.25, 0.3) is 0 Å². The van der Waals surface area contributed by atoms with Crippen LogP contribution in [0.5, 0.6) is 0 Å². The van der Waals surface area contributed by atoms with Crippen molar-refractivity contribution in [1.29, 1.82) is 0 Å². The Balaban J connectivity index is 3.21. The molecule has 4 atom stereocenters. The molecule has 0 aliphatic carbocycles. The number of amides is 4. The summed E-state index contributed by atoms with van der Waals surface area (Å²) in [7, 11) is 0. The van der Waals surface area contributed by atoms with Crippen molar-refractivity contribution in [3.63, 3.8) is 0 Å². The molecule has 1 heterocycles. The molecule has 16 heteroatoms. The van der Waals surface area contributed by atoms with Crippen LogP contribution in [0.3, 0.4) is 0 Å². The van der Waals surface area contributed by atoms with Crippen molar-refractivity contribution in [2.45, 2.75) is 77.0 Å². The molecule has 0 saturated carbocycles. The molecule has 0 fully saturated rings. The second-order valence-corrected chi connectivity index (χ2v) is 9.74. The Labute approximate surface area is 235 Å². The lowest BCUT2D eigenvalue weighted by molar-refractivity contribution is -0.141. The largest absolute Gasteiger partial charge is 0.481 e. The van der Waals surface area contributed by atoms with Gasteiger partial charge in [0.1, 0.15) is 18.1 Å². The van der Waals surface area contributed by atoms with Crippen molar-refractivity contribution in [2.75, 3.05) is 5.88 Å². The molecule has 7 N–H and O–H groups in total. The van der Waals surface area contributed by atoms with Gasteiger partial charge in [-0.25, -0.2) is 4.98 Å². The van der Waals surface area contributed by atoms with E-state index in [9.17, 15) is 33.6 Å². The average molecular weight is 587 g/mol. The molecule has 1 rings (SSSR count). The van der Waals surface area contributed by atoms with E-state index in [1.807, 2.05) is 13.8 Å². The quantitative estimate of drug-likeness (QED) is 0.105. The predicted molar refractivity (Wildman–Crippen MR) is 140 cm³/mol. The number of alkyl halides is 1. The summed E-state index contributed by atoms with van der Waals surface area (Å²) in [5, 5.41) is 27.9. The lowest BCUT2D eigenvalue weighted by Crippen LogP contribution is -2.58. The van der Waals surface area contributed by atoms with Gasteiger partial charge in [0.2, 0.25) is 23.6 Å². The van der Waals surface area contributed by atoms with Crippen molar-refractivity contribution >= 4 is 53.0 Å². The number of Topliss-reactive ketones (excluding diaryl/α,β-unsaturated/α-hetero) is 1. The third-order valence-corrected chi connectivity index (χ3v) is 5.77. The van der Waals surface area contributed by atoms with Gasteiger partial charge in [0.15, 0.2) is 5.78 Å². The Morgan fingerprint density at radius 2 is 1.45 bits per heavy atom. The van der Waals surface area contributed by atoms with E-state index in [0.717, 1.165) is 0 Å². The van der Waals surface area contributed by atoms with Crippen LogP contribution in [-0.2, 0) is 40.0 Å². The molecule has 0 bridgehead atoms. The Morgan fingerprint density at radius 3 is 1.95 bits per heavy atom. The number of aromatic nitrogens is 2. The van der Waals surface area contributed by atoms with E-state index in [1.54, 1.807) is 0 Å². The number of halogens is 1. The second-order valence-electron chi connectivity index (χ2n) is 9.48. The zero-order chi connectivity index (χ0) is 30.4. The fourth-order valence-corrected chi connectivity index (χ4v) is 3.83. The van der Waals surface area contributed by atoms with Crippen LogP contribution in [-0.4, -0.2) is 91.6 Å². The zero-order valence-corrected chi connectivity index (χ0v) is 23.1. The van der Waals surface area contributed by atoms with Gasteiger partial charge in [-0.15, -0.1) is 11.6 Å². The predicted octanol–water partition coefficient (Wildman–Crippen LogP) is -0.895. The van der Waals surface area contributed by atoms with Gasteiger partial charge in [0, 0.05) is 31.7 Å². The molecule has 1 aromatic heterocycles. The first-order chi connectivity index (χ1) is 18.7. The van der Waals surface area contributed by atoms with Crippen LogP contribution in [0.2, 0.25) is 0 Å². The van der Waals surface area contributed by atoms with Gasteiger partial charge in [-0.05, 0) is 18.8 Å². The number of carbonyl (C=O) groups is 7. The van der Waals surface area contributed by atoms with E-state index in [1.165, 1.54) is 19.4 Å². The summed E-state index contributed by atoms with van der Waals surface area (Å²) < 4.78 is 0. The van der Waals surface area contributed by atoms with E-state index < -0.39 is 84.2 Å².